The number of imidazole rings is 1. The molecule has 4 rings (SSSR count). The molecule has 0 bridgehead atoms. The summed E-state index contributed by atoms with van der Waals surface area (Å²) in [6, 6.07) is 12.6. The van der Waals surface area contributed by atoms with Crippen molar-refractivity contribution < 1.29 is 17.9 Å². The first-order chi connectivity index (χ1) is 15.3. The van der Waals surface area contributed by atoms with Crippen molar-refractivity contribution in [2.45, 2.75) is 25.0 Å². The fourth-order valence-corrected chi connectivity index (χ4v) is 5.07. The molecule has 2 heterocycles. The third-order valence-corrected chi connectivity index (χ3v) is 7.72. The number of esters is 1. The van der Waals surface area contributed by atoms with Gasteiger partial charge in [0.15, 0.2) is 0 Å². The molecule has 2 aromatic heterocycles. The Morgan fingerprint density at radius 3 is 2.66 bits per heavy atom. The van der Waals surface area contributed by atoms with E-state index in [1.165, 1.54) is 37.6 Å². The van der Waals surface area contributed by atoms with Crippen molar-refractivity contribution in [3.05, 3.63) is 59.4 Å². The molecule has 0 unspecified atom stereocenters. The number of thiazole rings is 1. The van der Waals surface area contributed by atoms with E-state index in [9.17, 15) is 13.2 Å². The highest BCUT2D eigenvalue weighted by atomic mass is 32.2. The molecule has 0 N–H and O–H groups in total. The van der Waals surface area contributed by atoms with Crippen LogP contribution in [-0.4, -0.2) is 47.3 Å². The van der Waals surface area contributed by atoms with Crippen molar-refractivity contribution in [3.63, 3.8) is 0 Å². The number of hydrogen-bond donors (Lipinski definition) is 0. The zero-order chi connectivity index (χ0) is 22.9. The number of carbonyl (C=O) groups is 1. The Hall–Kier alpha value is -3.08. The fraction of sp³-hybridized carbons (Fsp3) is 0.227. The minimum Gasteiger partial charge on any atom is -0.454 e. The van der Waals surface area contributed by atoms with Crippen LogP contribution in [0.1, 0.15) is 17.8 Å². The van der Waals surface area contributed by atoms with Gasteiger partial charge < -0.3 is 9.30 Å². The van der Waals surface area contributed by atoms with Crippen LogP contribution in [0.5, 0.6) is 0 Å². The zero-order valence-electron chi connectivity index (χ0n) is 17.8. The summed E-state index contributed by atoms with van der Waals surface area (Å²) in [5.41, 5.74) is 2.20. The summed E-state index contributed by atoms with van der Waals surface area (Å²) in [6.07, 6.45) is 2.98. The number of fused-ring (bicyclic) bond motifs is 2. The van der Waals surface area contributed by atoms with Gasteiger partial charge in [-0.15, -0.1) is 11.3 Å². The smallest absolute Gasteiger partial charge is 0.331 e. The number of sulfonamides is 1. The summed E-state index contributed by atoms with van der Waals surface area (Å²) in [4.78, 5) is 21.4. The lowest BCUT2D eigenvalue weighted by molar-refractivity contribution is -0.139. The largest absolute Gasteiger partial charge is 0.454 e. The Kier molecular flexibility index (Phi) is 6.09. The van der Waals surface area contributed by atoms with Crippen LogP contribution in [0, 0.1) is 0 Å². The average Bonchev–Trinajstić information content (AvgIpc) is 3.35. The van der Waals surface area contributed by atoms with Gasteiger partial charge in [0, 0.05) is 26.7 Å². The monoisotopic (exact) mass is 470 g/mol. The molecule has 0 aliphatic carbocycles. The van der Waals surface area contributed by atoms with Gasteiger partial charge in [0.05, 0.1) is 26.1 Å². The van der Waals surface area contributed by atoms with Crippen molar-refractivity contribution >= 4 is 54.7 Å². The minimum absolute atomic E-state index is 0.0265. The lowest BCUT2D eigenvalue weighted by Crippen LogP contribution is -2.22. The molecule has 0 saturated carbocycles. The number of para-hydroxylation sites is 1. The molecule has 32 heavy (non-hydrogen) atoms. The van der Waals surface area contributed by atoms with E-state index in [2.05, 4.69) is 9.97 Å². The quantitative estimate of drug-likeness (QED) is 0.302. The second-order valence-corrected chi connectivity index (χ2v) is 10.4. The Balaban J connectivity index is 1.51. The molecule has 8 nitrogen and oxygen atoms in total. The second kappa shape index (κ2) is 8.81. The lowest BCUT2D eigenvalue weighted by atomic mass is 10.3. The molecule has 0 amide bonds. The minimum atomic E-state index is -3.56. The van der Waals surface area contributed by atoms with Crippen LogP contribution < -0.4 is 0 Å². The van der Waals surface area contributed by atoms with Crippen LogP contribution in [0.3, 0.4) is 0 Å². The van der Waals surface area contributed by atoms with Gasteiger partial charge in [0.1, 0.15) is 17.4 Å². The molecule has 4 aromatic rings. The fourth-order valence-electron chi connectivity index (χ4n) is 3.28. The second-order valence-electron chi connectivity index (χ2n) is 7.17. The Labute approximate surface area is 189 Å². The van der Waals surface area contributed by atoms with Gasteiger partial charge in [-0.05, 0) is 43.3 Å². The van der Waals surface area contributed by atoms with Gasteiger partial charge in [0.2, 0.25) is 10.0 Å². The molecule has 0 radical (unpaired) electrons. The van der Waals surface area contributed by atoms with Crippen molar-refractivity contribution in [1.82, 2.24) is 18.8 Å². The van der Waals surface area contributed by atoms with Crippen LogP contribution in [0.4, 0.5) is 0 Å². The van der Waals surface area contributed by atoms with Crippen LogP contribution in [0.15, 0.2) is 53.4 Å². The molecule has 10 heteroatoms. The van der Waals surface area contributed by atoms with E-state index < -0.39 is 16.0 Å². The molecule has 0 fully saturated rings. The van der Waals surface area contributed by atoms with E-state index >= 15 is 0 Å². The number of aryl methyl sites for hydroxylation is 1. The molecule has 2 aromatic carbocycles. The van der Waals surface area contributed by atoms with E-state index in [1.54, 1.807) is 18.2 Å². The maximum absolute atomic E-state index is 12.4. The first-order valence-electron chi connectivity index (χ1n) is 9.91. The Bertz CT molecular complexity index is 1400. The van der Waals surface area contributed by atoms with Crippen LogP contribution in [0.2, 0.25) is 0 Å². The standard InChI is InChI=1S/C22H22N4O4S2/c1-4-26-18-10-9-15(32(28,29)25(2)3)13-17(18)23-20(26)14-30-22(27)12-11-21-24-16-7-5-6-8-19(16)31-21/h5-13H,4,14H2,1-3H3/b12-11+. The van der Waals surface area contributed by atoms with Crippen LogP contribution >= 0.6 is 11.3 Å². The van der Waals surface area contributed by atoms with Gasteiger partial charge in [-0.2, -0.15) is 0 Å². The SMILES string of the molecule is CCn1c(COC(=O)/C=C/c2nc3ccccc3s2)nc2cc(S(=O)(=O)N(C)C)ccc21. The highest BCUT2D eigenvalue weighted by molar-refractivity contribution is 7.89. The summed E-state index contributed by atoms with van der Waals surface area (Å²) < 4.78 is 34.3. The predicted molar refractivity (Wildman–Crippen MR) is 125 cm³/mol. The predicted octanol–water partition coefficient (Wildman–Crippen LogP) is 3.67. The normalized spacial score (nSPS) is 12.4. The molecule has 0 aliphatic heterocycles. The maximum atomic E-state index is 12.4. The molecule has 166 valence electrons. The molecular formula is C22H22N4O4S2. The lowest BCUT2D eigenvalue weighted by Gasteiger charge is -2.11. The van der Waals surface area contributed by atoms with Crippen molar-refractivity contribution in [3.8, 4) is 0 Å². The van der Waals surface area contributed by atoms with Gasteiger partial charge in [-0.25, -0.2) is 27.5 Å². The first-order valence-corrected chi connectivity index (χ1v) is 12.2. The highest BCUT2D eigenvalue weighted by Crippen LogP contribution is 2.24. The molecule has 0 atom stereocenters. The maximum Gasteiger partial charge on any atom is 0.331 e. The zero-order valence-corrected chi connectivity index (χ0v) is 19.5. The number of nitrogens with zero attached hydrogens (tertiary/aromatic N) is 4. The average molecular weight is 471 g/mol. The van der Waals surface area contributed by atoms with Gasteiger partial charge >= 0.3 is 5.97 Å². The number of benzene rings is 2. The topological polar surface area (TPSA) is 94.4 Å². The molecular weight excluding hydrogens is 448 g/mol. The third-order valence-electron chi connectivity index (χ3n) is 4.91. The molecule has 0 aliphatic rings. The number of aromatic nitrogens is 3. The highest BCUT2D eigenvalue weighted by Gasteiger charge is 2.19. The Morgan fingerprint density at radius 1 is 1.16 bits per heavy atom. The van der Waals surface area contributed by atoms with Crippen LogP contribution in [-0.2, 0) is 32.7 Å². The van der Waals surface area contributed by atoms with E-state index in [4.69, 9.17) is 4.74 Å². The summed E-state index contributed by atoms with van der Waals surface area (Å²) in [7, 11) is -0.597. The van der Waals surface area contributed by atoms with Gasteiger partial charge in [0.25, 0.3) is 0 Å². The van der Waals surface area contributed by atoms with Crippen molar-refractivity contribution in [2.24, 2.45) is 0 Å². The van der Waals surface area contributed by atoms with Gasteiger partial charge in [-0.3, -0.25) is 0 Å². The molecule has 0 spiro atoms. The number of rotatable bonds is 7. The van der Waals surface area contributed by atoms with E-state index in [0.717, 1.165) is 25.0 Å². The number of ether oxygens (including phenoxy) is 1. The Morgan fingerprint density at radius 2 is 1.94 bits per heavy atom. The van der Waals surface area contributed by atoms with E-state index in [-0.39, 0.29) is 11.5 Å². The number of hydrogen-bond acceptors (Lipinski definition) is 7. The summed E-state index contributed by atoms with van der Waals surface area (Å²) >= 11 is 1.49. The van der Waals surface area contributed by atoms with Gasteiger partial charge in [-0.1, -0.05) is 12.1 Å². The summed E-state index contributed by atoms with van der Waals surface area (Å²) in [5, 5.41) is 0.721. The van der Waals surface area contributed by atoms with E-state index in [0.29, 0.717) is 17.9 Å². The van der Waals surface area contributed by atoms with Crippen molar-refractivity contribution in [1.29, 1.82) is 0 Å². The third kappa shape index (κ3) is 4.29. The number of carbonyl (C=O) groups excluding carboxylic acids is 1. The first kappa shape index (κ1) is 22.1. The summed E-state index contributed by atoms with van der Waals surface area (Å²) in [6.45, 7) is 2.52. The molecule has 0 saturated heterocycles. The summed E-state index contributed by atoms with van der Waals surface area (Å²) in [5.74, 6) is 0.0403. The van der Waals surface area contributed by atoms with Crippen molar-refractivity contribution in [2.75, 3.05) is 14.1 Å². The van der Waals surface area contributed by atoms with E-state index in [1.807, 2.05) is 35.8 Å². The van der Waals surface area contributed by atoms with Crippen LogP contribution in [0.25, 0.3) is 27.3 Å².